The number of hydrogen-bond donors (Lipinski definition) is 1. The SMILES string of the molecule is Cc1nc([C@@H]2CCCC[C@H]2C(=O)NC2(C#N)CC2)c(-c2ccc(N3CCOCC3)cc2)s1.[HH]. The zero-order valence-corrected chi connectivity index (χ0v) is 19.4. The molecule has 5 rings (SSSR count). The second-order valence-corrected chi connectivity index (χ2v) is 10.5. The van der Waals surface area contributed by atoms with Gasteiger partial charge in [-0.25, -0.2) is 4.98 Å². The van der Waals surface area contributed by atoms with Crippen molar-refractivity contribution in [3.63, 3.8) is 0 Å². The van der Waals surface area contributed by atoms with Crippen molar-refractivity contribution < 1.29 is 11.0 Å². The molecule has 1 amide bonds. The zero-order chi connectivity index (χ0) is 22.1. The van der Waals surface area contributed by atoms with Crippen LogP contribution in [0.5, 0.6) is 0 Å². The lowest BCUT2D eigenvalue weighted by atomic mass is 9.76. The molecule has 1 aromatic carbocycles. The molecule has 7 heteroatoms. The number of carbonyl (C=O) groups is 1. The number of nitrogens with zero attached hydrogens (tertiary/aromatic N) is 3. The second-order valence-electron chi connectivity index (χ2n) is 9.27. The van der Waals surface area contributed by atoms with E-state index in [2.05, 4.69) is 40.6 Å². The lowest BCUT2D eigenvalue weighted by Gasteiger charge is -2.31. The number of hydrogen-bond acceptors (Lipinski definition) is 6. The number of nitrogens with one attached hydrogen (secondary N) is 1. The minimum Gasteiger partial charge on any atom is -0.378 e. The molecule has 6 nitrogen and oxygen atoms in total. The quantitative estimate of drug-likeness (QED) is 0.715. The number of aryl methyl sites for hydroxylation is 1. The fourth-order valence-electron chi connectivity index (χ4n) is 5.04. The maximum atomic E-state index is 13.2. The summed E-state index contributed by atoms with van der Waals surface area (Å²) in [6.45, 7) is 5.45. The Bertz CT molecular complexity index is 1020. The van der Waals surface area contributed by atoms with E-state index in [0.29, 0.717) is 0 Å². The lowest BCUT2D eigenvalue weighted by molar-refractivity contribution is -0.127. The van der Waals surface area contributed by atoms with Gasteiger partial charge in [0.1, 0.15) is 5.54 Å². The summed E-state index contributed by atoms with van der Waals surface area (Å²) < 4.78 is 5.47. The summed E-state index contributed by atoms with van der Waals surface area (Å²) in [7, 11) is 0. The molecule has 0 bridgehead atoms. The Labute approximate surface area is 195 Å². The molecule has 32 heavy (non-hydrogen) atoms. The van der Waals surface area contributed by atoms with E-state index in [1.165, 1.54) is 16.1 Å². The monoisotopic (exact) mass is 452 g/mol. The third kappa shape index (κ3) is 4.26. The number of morpholine rings is 1. The average molecular weight is 453 g/mol. The summed E-state index contributed by atoms with van der Waals surface area (Å²) in [5.74, 6) is 0.0348. The third-order valence-electron chi connectivity index (χ3n) is 7.05. The lowest BCUT2D eigenvalue weighted by Crippen LogP contribution is -2.42. The first-order valence-electron chi connectivity index (χ1n) is 11.7. The Morgan fingerprint density at radius 2 is 1.97 bits per heavy atom. The van der Waals surface area contributed by atoms with E-state index in [9.17, 15) is 10.1 Å². The molecule has 0 unspecified atom stereocenters. The van der Waals surface area contributed by atoms with E-state index in [1.807, 2.05) is 6.92 Å². The van der Waals surface area contributed by atoms with Gasteiger partial charge in [0, 0.05) is 32.0 Å². The highest BCUT2D eigenvalue weighted by Gasteiger charge is 2.47. The number of aromatic nitrogens is 1. The van der Waals surface area contributed by atoms with Gasteiger partial charge in [0.25, 0.3) is 0 Å². The van der Waals surface area contributed by atoms with Crippen LogP contribution >= 0.6 is 11.3 Å². The van der Waals surface area contributed by atoms with Crippen molar-refractivity contribution in [3.05, 3.63) is 35.0 Å². The minimum absolute atomic E-state index is 0. The second kappa shape index (κ2) is 8.84. The van der Waals surface area contributed by atoms with Gasteiger partial charge in [-0.3, -0.25) is 4.79 Å². The van der Waals surface area contributed by atoms with E-state index in [1.54, 1.807) is 11.3 Å². The predicted molar refractivity (Wildman–Crippen MR) is 128 cm³/mol. The summed E-state index contributed by atoms with van der Waals surface area (Å²) in [5.41, 5.74) is 2.84. The average Bonchev–Trinajstić information content (AvgIpc) is 3.51. The standard InChI is InChI=1S/C25H30N4O2S.H2/c1-17-27-22(20-4-2-3-5-21(20)24(30)28-25(16-26)10-11-25)23(32-17)18-6-8-19(9-7-18)29-12-14-31-15-13-29;/h6-9,20-21H,2-5,10-15H2,1H3,(H,28,30);1H/t20-,21-;/m1./s1. The molecule has 1 saturated heterocycles. The molecule has 2 heterocycles. The van der Waals surface area contributed by atoms with Gasteiger partial charge in [0.2, 0.25) is 5.91 Å². The first-order valence-corrected chi connectivity index (χ1v) is 12.5. The van der Waals surface area contributed by atoms with Gasteiger partial charge in [-0.2, -0.15) is 5.26 Å². The summed E-state index contributed by atoms with van der Waals surface area (Å²) in [6, 6.07) is 11.0. The van der Waals surface area contributed by atoms with Crippen molar-refractivity contribution >= 4 is 22.9 Å². The predicted octanol–water partition coefficient (Wildman–Crippen LogP) is 4.65. The molecule has 0 radical (unpaired) electrons. The van der Waals surface area contributed by atoms with Crippen LogP contribution < -0.4 is 10.2 Å². The van der Waals surface area contributed by atoms with Crippen molar-refractivity contribution in [2.24, 2.45) is 5.92 Å². The van der Waals surface area contributed by atoms with E-state index in [-0.39, 0.29) is 19.2 Å². The van der Waals surface area contributed by atoms with Gasteiger partial charge in [0.05, 0.1) is 34.9 Å². The van der Waals surface area contributed by atoms with Crippen LogP contribution in [-0.4, -0.2) is 42.7 Å². The van der Waals surface area contributed by atoms with Gasteiger partial charge < -0.3 is 15.0 Å². The Morgan fingerprint density at radius 3 is 2.66 bits per heavy atom. The Morgan fingerprint density at radius 1 is 1.25 bits per heavy atom. The van der Waals surface area contributed by atoms with Gasteiger partial charge in [-0.05, 0) is 50.3 Å². The van der Waals surface area contributed by atoms with Crippen molar-refractivity contribution in [3.8, 4) is 16.5 Å². The highest BCUT2D eigenvalue weighted by Crippen LogP contribution is 2.45. The van der Waals surface area contributed by atoms with E-state index in [4.69, 9.17) is 9.72 Å². The van der Waals surface area contributed by atoms with Crippen LogP contribution in [0.25, 0.3) is 10.4 Å². The van der Waals surface area contributed by atoms with Crippen LogP contribution in [0, 0.1) is 24.2 Å². The van der Waals surface area contributed by atoms with Crippen molar-refractivity contribution in [1.29, 1.82) is 5.26 Å². The summed E-state index contributed by atoms with van der Waals surface area (Å²) in [6.07, 6.45) is 5.54. The molecule has 2 atom stereocenters. The van der Waals surface area contributed by atoms with Crippen LogP contribution in [0.1, 0.15) is 56.6 Å². The number of thiazole rings is 1. The summed E-state index contributed by atoms with van der Waals surface area (Å²) >= 11 is 1.72. The van der Waals surface area contributed by atoms with Crippen LogP contribution in [-0.2, 0) is 9.53 Å². The largest absolute Gasteiger partial charge is 0.378 e. The van der Waals surface area contributed by atoms with Crippen LogP contribution in [0.3, 0.4) is 0 Å². The smallest absolute Gasteiger partial charge is 0.225 e. The molecular weight excluding hydrogens is 420 g/mol. The highest BCUT2D eigenvalue weighted by molar-refractivity contribution is 7.15. The molecule has 1 aliphatic heterocycles. The Kier molecular flexibility index (Phi) is 5.92. The molecule has 1 aromatic heterocycles. The van der Waals surface area contributed by atoms with Crippen LogP contribution in [0.2, 0.25) is 0 Å². The Balaban J connectivity index is 0.00000259. The number of anilines is 1. The molecule has 3 fully saturated rings. The maximum Gasteiger partial charge on any atom is 0.225 e. The minimum atomic E-state index is -0.616. The summed E-state index contributed by atoms with van der Waals surface area (Å²) in [4.78, 5) is 21.6. The first kappa shape index (κ1) is 21.4. The number of benzene rings is 1. The number of carbonyl (C=O) groups excluding carboxylic acids is 1. The maximum absolute atomic E-state index is 13.2. The molecular formula is C25H32N4O2S. The molecule has 1 N–H and O–H groups in total. The number of rotatable bonds is 5. The van der Waals surface area contributed by atoms with Gasteiger partial charge >= 0.3 is 0 Å². The molecule has 2 saturated carbocycles. The fraction of sp³-hybridized carbons (Fsp3) is 0.560. The molecule has 3 aliphatic rings. The topological polar surface area (TPSA) is 78.2 Å². The van der Waals surface area contributed by atoms with Crippen LogP contribution in [0.4, 0.5) is 5.69 Å². The molecule has 2 aromatic rings. The van der Waals surface area contributed by atoms with E-state index in [0.717, 1.165) is 75.5 Å². The number of nitriles is 1. The van der Waals surface area contributed by atoms with E-state index >= 15 is 0 Å². The van der Waals surface area contributed by atoms with E-state index < -0.39 is 5.54 Å². The number of amides is 1. The van der Waals surface area contributed by atoms with Crippen molar-refractivity contribution in [2.45, 2.75) is 56.9 Å². The highest BCUT2D eigenvalue weighted by atomic mass is 32.1. The van der Waals surface area contributed by atoms with Gasteiger partial charge in [0.15, 0.2) is 0 Å². The first-order chi connectivity index (χ1) is 15.6. The van der Waals surface area contributed by atoms with Gasteiger partial charge in [-0.1, -0.05) is 25.0 Å². The van der Waals surface area contributed by atoms with Crippen molar-refractivity contribution in [2.75, 3.05) is 31.2 Å². The van der Waals surface area contributed by atoms with Crippen molar-refractivity contribution in [1.82, 2.24) is 10.3 Å². The fourth-order valence-corrected chi connectivity index (χ4v) is 6.03. The number of ether oxygens (including phenoxy) is 1. The Hall–Kier alpha value is -2.43. The normalized spacial score (nSPS) is 24.6. The zero-order valence-electron chi connectivity index (χ0n) is 18.6. The molecule has 0 spiro atoms. The third-order valence-corrected chi connectivity index (χ3v) is 8.08. The molecule has 170 valence electrons. The summed E-state index contributed by atoms with van der Waals surface area (Å²) in [5, 5.41) is 13.5. The molecule has 2 aliphatic carbocycles. The van der Waals surface area contributed by atoms with Gasteiger partial charge in [-0.15, -0.1) is 11.3 Å². The van der Waals surface area contributed by atoms with Crippen LogP contribution in [0.15, 0.2) is 24.3 Å².